The Kier molecular flexibility index (Phi) is 2.54. The van der Waals surface area contributed by atoms with Crippen LogP contribution in [0.3, 0.4) is 0 Å². The third kappa shape index (κ3) is 1.73. The average Bonchev–Trinajstić information content (AvgIpc) is 2.69. The zero-order valence-corrected chi connectivity index (χ0v) is 12.0. The molecule has 4 saturated carbocycles. The summed E-state index contributed by atoms with van der Waals surface area (Å²) in [5, 5.41) is 13.6. The minimum Gasteiger partial charge on any atom is -0.481 e. The van der Waals surface area contributed by atoms with E-state index >= 15 is 0 Å². The summed E-state index contributed by atoms with van der Waals surface area (Å²) >= 11 is 0. The lowest BCUT2D eigenvalue weighted by molar-refractivity contribution is -0.136. The van der Waals surface area contributed by atoms with Crippen LogP contribution < -0.4 is 0 Å². The van der Waals surface area contributed by atoms with Crippen LogP contribution in [0.1, 0.15) is 49.8 Å². The van der Waals surface area contributed by atoms with Crippen LogP contribution in [0.5, 0.6) is 0 Å². The van der Waals surface area contributed by atoms with Gasteiger partial charge < -0.3 is 5.11 Å². The van der Waals surface area contributed by atoms with E-state index in [2.05, 4.69) is 9.78 Å². The molecule has 0 saturated heterocycles. The van der Waals surface area contributed by atoms with Crippen molar-refractivity contribution in [3.05, 3.63) is 17.5 Å². The van der Waals surface area contributed by atoms with Gasteiger partial charge >= 0.3 is 5.97 Å². The van der Waals surface area contributed by atoms with E-state index < -0.39 is 5.97 Å². The number of hydrogen-bond acceptors (Lipinski definition) is 2. The molecule has 0 aliphatic heterocycles. The molecule has 4 nitrogen and oxygen atoms in total. The normalized spacial score (nSPS) is 38.4. The third-order valence-corrected chi connectivity index (χ3v) is 5.91. The Morgan fingerprint density at radius 3 is 2.35 bits per heavy atom. The fourth-order valence-electron chi connectivity index (χ4n) is 5.58. The largest absolute Gasteiger partial charge is 0.481 e. The van der Waals surface area contributed by atoms with Crippen LogP contribution >= 0.6 is 0 Å². The highest BCUT2D eigenvalue weighted by atomic mass is 16.4. The molecule has 20 heavy (non-hydrogen) atoms. The fourth-order valence-corrected chi connectivity index (χ4v) is 5.58. The van der Waals surface area contributed by atoms with E-state index in [4.69, 9.17) is 5.11 Å². The maximum atomic E-state index is 10.9. The van der Waals surface area contributed by atoms with Crippen molar-refractivity contribution in [1.82, 2.24) is 9.78 Å². The second-order valence-electron chi connectivity index (χ2n) is 7.38. The van der Waals surface area contributed by atoms with Crippen LogP contribution in [-0.4, -0.2) is 20.9 Å². The molecule has 4 heteroatoms. The summed E-state index contributed by atoms with van der Waals surface area (Å²) in [5.74, 6) is 1.88. The van der Waals surface area contributed by atoms with Crippen molar-refractivity contribution in [2.24, 2.45) is 17.8 Å². The predicted octanol–water partition coefficient (Wildman–Crippen LogP) is 2.74. The number of nitrogens with zero attached hydrogens (tertiary/aromatic N) is 2. The van der Waals surface area contributed by atoms with Gasteiger partial charge in [-0.2, -0.15) is 5.10 Å². The maximum absolute atomic E-state index is 10.9. The number of carbonyl (C=O) groups is 1. The number of carboxylic acid groups (broad SMARTS) is 1. The molecular weight excluding hydrogens is 252 g/mol. The van der Waals surface area contributed by atoms with Gasteiger partial charge in [0.05, 0.1) is 18.2 Å². The van der Waals surface area contributed by atoms with E-state index in [-0.39, 0.29) is 12.0 Å². The lowest BCUT2D eigenvalue weighted by Crippen LogP contribution is -2.52. The van der Waals surface area contributed by atoms with Crippen molar-refractivity contribution in [2.75, 3.05) is 0 Å². The number of aromatic nitrogens is 2. The van der Waals surface area contributed by atoms with Crippen molar-refractivity contribution < 1.29 is 9.90 Å². The Morgan fingerprint density at radius 1 is 1.30 bits per heavy atom. The van der Waals surface area contributed by atoms with Crippen LogP contribution in [0, 0.1) is 24.7 Å². The summed E-state index contributed by atoms with van der Waals surface area (Å²) in [6.07, 6.45) is 9.90. The zero-order chi connectivity index (χ0) is 13.9. The van der Waals surface area contributed by atoms with Gasteiger partial charge in [0, 0.05) is 11.3 Å². The molecule has 4 aliphatic carbocycles. The van der Waals surface area contributed by atoms with Crippen LogP contribution in [0.25, 0.3) is 0 Å². The molecule has 108 valence electrons. The van der Waals surface area contributed by atoms with Crippen molar-refractivity contribution in [3.8, 4) is 0 Å². The number of aliphatic carboxylic acids is 1. The van der Waals surface area contributed by atoms with Gasteiger partial charge in [-0.25, -0.2) is 0 Å². The molecule has 0 unspecified atom stereocenters. The van der Waals surface area contributed by atoms with Crippen molar-refractivity contribution in [2.45, 2.75) is 57.4 Å². The summed E-state index contributed by atoms with van der Waals surface area (Å²) in [7, 11) is 0. The Labute approximate surface area is 119 Å². The Balaban J connectivity index is 1.70. The first-order valence-corrected chi connectivity index (χ1v) is 7.81. The minimum absolute atomic E-state index is 0.0954. The molecule has 1 aromatic rings. The van der Waals surface area contributed by atoms with E-state index in [0.29, 0.717) is 0 Å². The van der Waals surface area contributed by atoms with E-state index in [1.54, 1.807) is 6.20 Å². The van der Waals surface area contributed by atoms with Gasteiger partial charge in [-0.3, -0.25) is 9.48 Å². The average molecular weight is 274 g/mol. The third-order valence-electron chi connectivity index (χ3n) is 5.91. The molecule has 0 amide bonds. The van der Waals surface area contributed by atoms with Gasteiger partial charge in [-0.15, -0.1) is 0 Å². The molecule has 1 aromatic heterocycles. The monoisotopic (exact) mass is 274 g/mol. The Morgan fingerprint density at radius 2 is 1.85 bits per heavy atom. The fraction of sp³-hybridized carbons (Fsp3) is 0.750. The molecule has 0 radical (unpaired) electrons. The molecule has 5 rings (SSSR count). The zero-order valence-electron chi connectivity index (χ0n) is 12.0. The first-order valence-electron chi connectivity index (χ1n) is 7.81. The van der Waals surface area contributed by atoms with E-state index in [0.717, 1.165) is 29.0 Å². The summed E-state index contributed by atoms with van der Waals surface area (Å²) in [6, 6.07) is 0. The van der Waals surface area contributed by atoms with Crippen molar-refractivity contribution >= 4 is 5.97 Å². The number of rotatable bonds is 3. The molecular formula is C16H22N2O2. The lowest BCUT2D eigenvalue weighted by atomic mass is 9.53. The van der Waals surface area contributed by atoms with Gasteiger partial charge in [-0.1, -0.05) is 0 Å². The quantitative estimate of drug-likeness (QED) is 0.922. The highest BCUT2D eigenvalue weighted by Gasteiger charge is 2.52. The van der Waals surface area contributed by atoms with E-state index in [9.17, 15) is 4.79 Å². The van der Waals surface area contributed by atoms with E-state index in [1.807, 2.05) is 6.92 Å². The van der Waals surface area contributed by atoms with Gasteiger partial charge in [-0.05, 0) is 63.2 Å². The summed E-state index contributed by atoms with van der Waals surface area (Å²) in [4.78, 5) is 10.9. The van der Waals surface area contributed by atoms with Crippen molar-refractivity contribution in [3.63, 3.8) is 0 Å². The standard InChI is InChI=1S/C16H22N2O2/c1-10-14(5-15(19)20)9-17-18(10)16-6-11-2-12(7-16)4-13(3-11)8-16/h9,11-13H,2-8H2,1H3,(H,19,20). The number of carboxylic acids is 1. The maximum Gasteiger partial charge on any atom is 0.307 e. The molecule has 1 N–H and O–H groups in total. The molecule has 0 atom stereocenters. The summed E-state index contributed by atoms with van der Waals surface area (Å²) < 4.78 is 2.20. The number of hydrogen-bond donors (Lipinski definition) is 1. The lowest BCUT2D eigenvalue weighted by Gasteiger charge is -2.57. The topological polar surface area (TPSA) is 55.1 Å². The first kappa shape index (κ1) is 12.4. The summed E-state index contributed by atoms with van der Waals surface area (Å²) in [6.45, 7) is 2.05. The van der Waals surface area contributed by atoms with Crippen molar-refractivity contribution in [1.29, 1.82) is 0 Å². The molecule has 1 heterocycles. The van der Waals surface area contributed by atoms with Gasteiger partial charge in [0.15, 0.2) is 0 Å². The van der Waals surface area contributed by atoms with Gasteiger partial charge in [0.2, 0.25) is 0 Å². The highest BCUT2D eigenvalue weighted by Crippen LogP contribution is 2.58. The Bertz CT molecular complexity index is 526. The smallest absolute Gasteiger partial charge is 0.307 e. The van der Waals surface area contributed by atoms with Crippen LogP contribution in [0.15, 0.2) is 6.20 Å². The first-order chi connectivity index (χ1) is 9.56. The van der Waals surface area contributed by atoms with Crippen LogP contribution in [0.2, 0.25) is 0 Å². The SMILES string of the molecule is Cc1c(CC(=O)O)cnn1C12CC3CC(CC(C3)C1)C2. The second-order valence-corrected chi connectivity index (χ2v) is 7.38. The molecule has 4 aliphatic rings. The second kappa shape index (κ2) is 4.09. The Hall–Kier alpha value is -1.32. The highest BCUT2D eigenvalue weighted by molar-refractivity contribution is 5.70. The minimum atomic E-state index is -0.766. The molecule has 0 spiro atoms. The van der Waals surface area contributed by atoms with Crippen LogP contribution in [-0.2, 0) is 16.8 Å². The molecule has 4 fully saturated rings. The van der Waals surface area contributed by atoms with Gasteiger partial charge in [0.25, 0.3) is 0 Å². The van der Waals surface area contributed by atoms with E-state index in [1.165, 1.54) is 38.5 Å². The van der Waals surface area contributed by atoms with Crippen LogP contribution in [0.4, 0.5) is 0 Å². The summed E-state index contributed by atoms with van der Waals surface area (Å²) in [5.41, 5.74) is 2.16. The van der Waals surface area contributed by atoms with Gasteiger partial charge in [0.1, 0.15) is 0 Å². The predicted molar refractivity (Wildman–Crippen MR) is 74.4 cm³/mol. The molecule has 0 aromatic carbocycles. The molecule has 4 bridgehead atoms.